The number of nitrogens with one attached hydrogen (secondary N) is 1. The number of furan rings is 1. The third kappa shape index (κ3) is 3.96. The highest BCUT2D eigenvalue weighted by atomic mass is 16.5. The van der Waals surface area contributed by atoms with Crippen LogP contribution in [0.4, 0.5) is 0 Å². The molecule has 1 heterocycles. The molecule has 22 heavy (non-hydrogen) atoms. The van der Waals surface area contributed by atoms with Crippen molar-refractivity contribution in [3.63, 3.8) is 0 Å². The minimum atomic E-state index is -0.356. The average molecular weight is 303 g/mol. The summed E-state index contributed by atoms with van der Waals surface area (Å²) in [6, 6.07) is 10.9. The molecule has 118 valence electrons. The summed E-state index contributed by atoms with van der Waals surface area (Å²) in [6.07, 6.45) is 0.860. The Morgan fingerprint density at radius 3 is 2.59 bits per heavy atom. The maximum atomic E-state index is 11.4. The Labute approximate surface area is 129 Å². The van der Waals surface area contributed by atoms with Crippen molar-refractivity contribution in [1.82, 2.24) is 5.32 Å². The fourth-order valence-corrected chi connectivity index (χ4v) is 2.10. The van der Waals surface area contributed by atoms with Gasteiger partial charge in [-0.1, -0.05) is 19.1 Å². The van der Waals surface area contributed by atoms with Crippen molar-refractivity contribution in [3.8, 4) is 11.3 Å². The Bertz CT molecular complexity index is 599. The number of methoxy groups -OCH3 is 1. The van der Waals surface area contributed by atoms with Crippen LogP contribution in [0.3, 0.4) is 0 Å². The third-order valence-electron chi connectivity index (χ3n) is 3.53. The lowest BCUT2D eigenvalue weighted by molar-refractivity contribution is 0.0600. The lowest BCUT2D eigenvalue weighted by atomic mass is 10.1. The van der Waals surface area contributed by atoms with Crippen molar-refractivity contribution >= 4 is 5.97 Å². The number of ether oxygens (including phenoxy) is 1. The van der Waals surface area contributed by atoms with Crippen molar-refractivity contribution in [1.29, 1.82) is 0 Å². The monoisotopic (exact) mass is 303 g/mol. The number of carbonyl (C=O) groups is 1. The molecule has 2 aromatic rings. The van der Waals surface area contributed by atoms with E-state index in [0.717, 1.165) is 23.5 Å². The summed E-state index contributed by atoms with van der Waals surface area (Å²) in [5, 5.41) is 12.4. The molecule has 0 amide bonds. The molecule has 2 rings (SSSR count). The fourth-order valence-electron chi connectivity index (χ4n) is 2.10. The number of benzene rings is 1. The van der Waals surface area contributed by atoms with Gasteiger partial charge >= 0.3 is 5.97 Å². The van der Waals surface area contributed by atoms with Gasteiger partial charge in [-0.25, -0.2) is 4.79 Å². The van der Waals surface area contributed by atoms with E-state index in [9.17, 15) is 4.79 Å². The first-order chi connectivity index (χ1) is 10.7. The van der Waals surface area contributed by atoms with Crippen LogP contribution < -0.4 is 5.32 Å². The van der Waals surface area contributed by atoms with Gasteiger partial charge in [-0.15, -0.1) is 0 Å². The maximum absolute atomic E-state index is 11.4. The van der Waals surface area contributed by atoms with Gasteiger partial charge in [0.1, 0.15) is 11.5 Å². The molecule has 0 aliphatic carbocycles. The molecule has 0 spiro atoms. The number of carbonyl (C=O) groups excluding carboxylic acids is 1. The van der Waals surface area contributed by atoms with Crippen molar-refractivity contribution in [3.05, 3.63) is 47.7 Å². The van der Waals surface area contributed by atoms with E-state index in [4.69, 9.17) is 9.52 Å². The molecule has 0 saturated heterocycles. The summed E-state index contributed by atoms with van der Waals surface area (Å²) in [6.45, 7) is 2.70. The van der Waals surface area contributed by atoms with Gasteiger partial charge in [0.2, 0.25) is 0 Å². The summed E-state index contributed by atoms with van der Waals surface area (Å²) in [5.74, 6) is 1.19. The van der Waals surface area contributed by atoms with Crippen LogP contribution in [-0.2, 0) is 11.3 Å². The van der Waals surface area contributed by atoms with Crippen LogP contribution in [0, 0.1) is 0 Å². The quantitative estimate of drug-likeness (QED) is 0.769. The number of rotatable bonds is 7. The van der Waals surface area contributed by atoms with Gasteiger partial charge in [0.25, 0.3) is 0 Å². The first-order valence-electron chi connectivity index (χ1n) is 7.29. The van der Waals surface area contributed by atoms with E-state index in [1.54, 1.807) is 12.1 Å². The van der Waals surface area contributed by atoms with E-state index >= 15 is 0 Å². The van der Waals surface area contributed by atoms with Crippen molar-refractivity contribution in [2.45, 2.75) is 25.9 Å². The zero-order valence-corrected chi connectivity index (χ0v) is 12.8. The van der Waals surface area contributed by atoms with Crippen LogP contribution >= 0.6 is 0 Å². The van der Waals surface area contributed by atoms with Crippen molar-refractivity contribution in [2.75, 3.05) is 13.7 Å². The highest BCUT2D eigenvalue weighted by Gasteiger charge is 2.09. The largest absolute Gasteiger partial charge is 0.465 e. The Morgan fingerprint density at radius 2 is 2.00 bits per heavy atom. The number of esters is 1. The van der Waals surface area contributed by atoms with Gasteiger partial charge in [0.15, 0.2) is 0 Å². The van der Waals surface area contributed by atoms with Crippen LogP contribution in [-0.4, -0.2) is 30.8 Å². The molecule has 0 unspecified atom stereocenters. The SMILES string of the molecule is CC[C@H](CO)NCc1ccc(-c2ccc(C(=O)OC)cc2)o1. The molecule has 5 nitrogen and oxygen atoms in total. The zero-order valence-electron chi connectivity index (χ0n) is 12.8. The highest BCUT2D eigenvalue weighted by molar-refractivity contribution is 5.89. The first-order valence-corrected chi connectivity index (χ1v) is 7.29. The van der Waals surface area contributed by atoms with Gasteiger partial charge in [-0.3, -0.25) is 0 Å². The Hall–Kier alpha value is -2.11. The lowest BCUT2D eigenvalue weighted by Gasteiger charge is -2.12. The summed E-state index contributed by atoms with van der Waals surface area (Å²) in [5.41, 5.74) is 1.40. The second kappa shape index (κ2) is 7.77. The van der Waals surface area contributed by atoms with E-state index in [2.05, 4.69) is 10.1 Å². The normalized spacial score (nSPS) is 12.1. The molecule has 0 saturated carbocycles. The molecule has 0 radical (unpaired) electrons. The minimum Gasteiger partial charge on any atom is -0.465 e. The molecule has 0 bridgehead atoms. The van der Waals surface area contributed by atoms with Gasteiger partial charge < -0.3 is 19.6 Å². The van der Waals surface area contributed by atoms with Crippen LogP contribution in [0.2, 0.25) is 0 Å². The second-order valence-electron chi connectivity index (χ2n) is 5.00. The summed E-state index contributed by atoms with van der Waals surface area (Å²) < 4.78 is 10.4. The number of aliphatic hydroxyl groups excluding tert-OH is 1. The van der Waals surface area contributed by atoms with Crippen LogP contribution in [0.15, 0.2) is 40.8 Å². The van der Waals surface area contributed by atoms with Crippen LogP contribution in [0.5, 0.6) is 0 Å². The number of hydrogen-bond acceptors (Lipinski definition) is 5. The predicted molar refractivity (Wildman–Crippen MR) is 83.5 cm³/mol. The molecule has 2 N–H and O–H groups in total. The Morgan fingerprint density at radius 1 is 1.27 bits per heavy atom. The van der Waals surface area contributed by atoms with Crippen molar-refractivity contribution in [2.24, 2.45) is 0 Å². The summed E-state index contributed by atoms with van der Waals surface area (Å²) >= 11 is 0. The molecule has 1 aromatic carbocycles. The second-order valence-corrected chi connectivity index (χ2v) is 5.00. The van der Waals surface area contributed by atoms with Crippen LogP contribution in [0.1, 0.15) is 29.5 Å². The topological polar surface area (TPSA) is 71.7 Å². The van der Waals surface area contributed by atoms with Gasteiger partial charge in [-0.05, 0) is 30.7 Å². The lowest BCUT2D eigenvalue weighted by Crippen LogP contribution is -2.30. The molecule has 1 atom stereocenters. The zero-order chi connectivity index (χ0) is 15.9. The molecule has 0 fully saturated rings. The van der Waals surface area contributed by atoms with Gasteiger partial charge in [0, 0.05) is 11.6 Å². The van der Waals surface area contributed by atoms with Gasteiger partial charge in [0.05, 0.1) is 25.8 Å². The standard InChI is InChI=1S/C17H21NO4/c1-3-14(11-19)18-10-15-8-9-16(22-15)12-4-6-13(7-5-12)17(20)21-2/h4-9,14,18-19H,3,10-11H2,1-2H3/t14-/m1/s1. The third-order valence-corrected chi connectivity index (χ3v) is 3.53. The van der Waals surface area contributed by atoms with Crippen molar-refractivity contribution < 1.29 is 19.1 Å². The van der Waals surface area contributed by atoms with Crippen LogP contribution in [0.25, 0.3) is 11.3 Å². The Balaban J connectivity index is 2.03. The molecule has 0 aliphatic heterocycles. The minimum absolute atomic E-state index is 0.0767. The van der Waals surface area contributed by atoms with E-state index in [1.807, 2.05) is 31.2 Å². The van der Waals surface area contributed by atoms with E-state index in [-0.39, 0.29) is 18.6 Å². The smallest absolute Gasteiger partial charge is 0.337 e. The molecular formula is C17H21NO4. The summed E-state index contributed by atoms with van der Waals surface area (Å²) in [4.78, 5) is 11.4. The average Bonchev–Trinajstić information content (AvgIpc) is 3.04. The maximum Gasteiger partial charge on any atom is 0.337 e. The first kappa shape index (κ1) is 16.3. The number of hydrogen-bond donors (Lipinski definition) is 2. The highest BCUT2D eigenvalue weighted by Crippen LogP contribution is 2.22. The number of aliphatic hydroxyl groups is 1. The molecule has 1 aromatic heterocycles. The van der Waals surface area contributed by atoms with E-state index in [1.165, 1.54) is 7.11 Å². The summed E-state index contributed by atoms with van der Waals surface area (Å²) in [7, 11) is 1.36. The fraction of sp³-hybridized carbons (Fsp3) is 0.353. The Kier molecular flexibility index (Phi) is 5.75. The predicted octanol–water partition coefficient (Wildman–Crippen LogP) is 2.59. The molecule has 0 aliphatic rings. The molecule has 5 heteroatoms. The molecular weight excluding hydrogens is 282 g/mol. The van der Waals surface area contributed by atoms with E-state index < -0.39 is 0 Å². The van der Waals surface area contributed by atoms with E-state index in [0.29, 0.717) is 12.1 Å². The van der Waals surface area contributed by atoms with Gasteiger partial charge in [-0.2, -0.15) is 0 Å².